The van der Waals surface area contributed by atoms with E-state index in [0.29, 0.717) is 41.2 Å². The van der Waals surface area contributed by atoms with E-state index in [1.807, 2.05) is 30.3 Å². The van der Waals surface area contributed by atoms with Gasteiger partial charge in [-0.15, -0.1) is 0 Å². The number of hydrogen-bond donors (Lipinski definition) is 2. The number of piperazine rings is 1. The van der Waals surface area contributed by atoms with Crippen LogP contribution in [0.25, 0.3) is 32.8 Å². The Labute approximate surface area is 221 Å². The smallest absolute Gasteiger partial charge is 0.319 e. The van der Waals surface area contributed by atoms with Gasteiger partial charge in [0.2, 0.25) is 0 Å². The number of likely N-dealkylation sites (N-methyl/N-ethyl adjacent to an activating group) is 1. The van der Waals surface area contributed by atoms with Crippen LogP contribution < -0.4 is 15.0 Å². The lowest BCUT2D eigenvalue weighted by Gasteiger charge is -2.34. The van der Waals surface area contributed by atoms with E-state index >= 15 is 4.39 Å². The minimum atomic E-state index is -0.428. The normalized spacial score (nSPS) is 23.5. The average Bonchev–Trinajstić information content (AvgIpc) is 3.50. The summed E-state index contributed by atoms with van der Waals surface area (Å²) in [6, 6.07) is 16.1. The fraction of sp³-hybridized carbons (Fsp3) is 0.400. The molecule has 7 rings (SSSR count). The van der Waals surface area contributed by atoms with Crippen molar-refractivity contribution >= 4 is 27.5 Å². The largest absolute Gasteiger partial charge is 0.508 e. The highest BCUT2D eigenvalue weighted by Crippen LogP contribution is 2.39. The number of phenolic OH excluding ortho intramolecular Hbond substituents is 1. The van der Waals surface area contributed by atoms with E-state index in [1.54, 1.807) is 18.2 Å². The van der Waals surface area contributed by atoms with Crippen LogP contribution >= 0.6 is 0 Å². The summed E-state index contributed by atoms with van der Waals surface area (Å²) < 4.78 is 22.6. The second-order valence-electron chi connectivity index (χ2n) is 11.0. The number of likely N-dealkylation sites (tertiary alicyclic amines) is 1. The van der Waals surface area contributed by atoms with Crippen LogP contribution in [0.15, 0.2) is 48.5 Å². The third kappa shape index (κ3) is 4.12. The van der Waals surface area contributed by atoms with Crippen molar-refractivity contribution in [3.05, 3.63) is 54.3 Å². The van der Waals surface area contributed by atoms with Crippen LogP contribution in [0.2, 0.25) is 0 Å². The molecule has 3 aliphatic heterocycles. The molecule has 0 radical (unpaired) electrons. The Bertz CT molecular complexity index is 1520. The van der Waals surface area contributed by atoms with Crippen LogP contribution in [0.1, 0.15) is 25.7 Å². The number of nitrogens with one attached hydrogen (secondary N) is 1. The quantitative estimate of drug-likeness (QED) is 0.401. The lowest BCUT2D eigenvalue weighted by molar-refractivity contribution is 0.188. The summed E-state index contributed by atoms with van der Waals surface area (Å²) in [7, 11) is 2.11. The first-order chi connectivity index (χ1) is 18.5. The number of ether oxygens (including phenoxy) is 1. The number of aromatic nitrogens is 2. The summed E-state index contributed by atoms with van der Waals surface area (Å²) in [5.41, 5.74) is 1.28. The lowest BCUT2D eigenvalue weighted by Crippen LogP contribution is -2.51. The molecule has 0 amide bonds. The van der Waals surface area contributed by atoms with Gasteiger partial charge in [-0.05, 0) is 73.8 Å². The molecule has 4 heterocycles. The number of fused-ring (bicyclic) bond motifs is 4. The van der Waals surface area contributed by atoms with E-state index in [4.69, 9.17) is 9.72 Å². The predicted octanol–water partition coefficient (Wildman–Crippen LogP) is 4.71. The van der Waals surface area contributed by atoms with Crippen molar-refractivity contribution in [1.29, 1.82) is 0 Å². The number of phenols is 1. The molecule has 3 aromatic carbocycles. The highest BCUT2D eigenvalue weighted by Gasteiger charge is 2.34. The second-order valence-corrected chi connectivity index (χ2v) is 11.0. The molecule has 1 aromatic heterocycles. The summed E-state index contributed by atoms with van der Waals surface area (Å²) in [4.78, 5) is 14.0. The van der Waals surface area contributed by atoms with Crippen LogP contribution in [0.3, 0.4) is 0 Å². The zero-order valence-electron chi connectivity index (χ0n) is 21.5. The molecule has 0 spiro atoms. The molecule has 0 saturated carbocycles. The van der Waals surface area contributed by atoms with Crippen molar-refractivity contribution < 1.29 is 14.2 Å². The minimum absolute atomic E-state index is 0.0996. The first-order valence-electron chi connectivity index (χ1n) is 13.6. The van der Waals surface area contributed by atoms with E-state index in [-0.39, 0.29) is 17.3 Å². The zero-order chi connectivity index (χ0) is 25.8. The maximum atomic E-state index is 16.4. The number of halogens is 1. The number of nitrogens with zero attached hydrogens (tertiary/aromatic N) is 4. The standard InChI is InChI=1S/C30H32FN5O2/c1-35-12-4-6-21(35)17-38-30-33-28-25(29(34-30)36-15-19-8-9-20(16-36)32-19)11-10-24(27(28)31)26-14-22(37)13-18-5-2-3-7-23(18)26/h2-3,5,7,10-11,13-14,19-21,32,37H,4,6,8-9,12,15-17H2,1H3/t19-,20-,21-/m0/s1. The molecule has 2 N–H and O–H groups in total. The summed E-state index contributed by atoms with van der Waals surface area (Å²) >= 11 is 0. The number of anilines is 1. The van der Waals surface area contributed by atoms with Gasteiger partial charge in [0.25, 0.3) is 0 Å². The fourth-order valence-corrected chi connectivity index (χ4v) is 6.49. The van der Waals surface area contributed by atoms with Crippen molar-refractivity contribution in [3.63, 3.8) is 0 Å². The number of aromatic hydroxyl groups is 1. The van der Waals surface area contributed by atoms with E-state index < -0.39 is 5.82 Å². The third-order valence-electron chi connectivity index (χ3n) is 8.50. The highest BCUT2D eigenvalue weighted by molar-refractivity contribution is 6.01. The van der Waals surface area contributed by atoms with Crippen molar-refractivity contribution in [3.8, 4) is 22.9 Å². The lowest BCUT2D eigenvalue weighted by atomic mass is 9.96. The molecule has 8 heteroatoms. The van der Waals surface area contributed by atoms with Crippen LogP contribution in [0.4, 0.5) is 10.2 Å². The zero-order valence-corrected chi connectivity index (χ0v) is 21.5. The SMILES string of the molecule is CN1CCC[C@H]1COc1nc(N2C[C@@H]3CC[C@@H](C2)N3)c2ccc(-c3cc(O)cc4ccccc34)c(F)c2n1. The predicted molar refractivity (Wildman–Crippen MR) is 147 cm³/mol. The van der Waals surface area contributed by atoms with Gasteiger partial charge >= 0.3 is 6.01 Å². The van der Waals surface area contributed by atoms with Gasteiger partial charge in [0, 0.05) is 42.2 Å². The first kappa shape index (κ1) is 23.6. The number of rotatable bonds is 5. The fourth-order valence-electron chi connectivity index (χ4n) is 6.49. The molecule has 3 aliphatic rings. The summed E-state index contributed by atoms with van der Waals surface area (Å²) in [6.07, 6.45) is 4.50. The maximum absolute atomic E-state index is 16.4. The van der Waals surface area contributed by atoms with Gasteiger partial charge in [0.05, 0.1) is 0 Å². The average molecular weight is 514 g/mol. The molecule has 7 nitrogen and oxygen atoms in total. The Morgan fingerprint density at radius 3 is 2.61 bits per heavy atom. The monoisotopic (exact) mass is 513 g/mol. The van der Waals surface area contributed by atoms with Gasteiger partial charge in [-0.2, -0.15) is 9.97 Å². The molecule has 0 unspecified atom stereocenters. The van der Waals surface area contributed by atoms with Gasteiger partial charge < -0.3 is 25.0 Å². The molecular formula is C30H32FN5O2. The van der Waals surface area contributed by atoms with Crippen LogP contribution in [0.5, 0.6) is 11.8 Å². The van der Waals surface area contributed by atoms with Crippen LogP contribution in [-0.4, -0.2) is 71.4 Å². The molecule has 196 valence electrons. The Morgan fingerprint density at radius 1 is 1.00 bits per heavy atom. The summed E-state index contributed by atoms with van der Waals surface area (Å²) in [6.45, 7) is 3.19. The van der Waals surface area contributed by atoms with Crippen molar-refractivity contribution in [2.24, 2.45) is 0 Å². The van der Waals surface area contributed by atoms with Gasteiger partial charge in [-0.25, -0.2) is 4.39 Å². The van der Waals surface area contributed by atoms with E-state index in [1.165, 1.54) is 0 Å². The highest BCUT2D eigenvalue weighted by atomic mass is 19.1. The van der Waals surface area contributed by atoms with Gasteiger partial charge in [0.15, 0.2) is 5.82 Å². The Balaban J connectivity index is 1.36. The molecule has 0 aliphatic carbocycles. The molecule has 3 saturated heterocycles. The molecule has 2 bridgehead atoms. The molecule has 3 atom stereocenters. The molecule has 3 fully saturated rings. The van der Waals surface area contributed by atoms with Crippen molar-refractivity contribution in [2.45, 2.75) is 43.8 Å². The Kier molecular flexibility index (Phi) is 5.82. The van der Waals surface area contributed by atoms with E-state index in [9.17, 15) is 5.11 Å². The second kappa shape index (κ2) is 9.36. The summed E-state index contributed by atoms with van der Waals surface area (Å²) in [5.74, 6) is 0.403. The van der Waals surface area contributed by atoms with E-state index in [2.05, 4.69) is 27.1 Å². The van der Waals surface area contributed by atoms with Gasteiger partial charge in [-0.3, -0.25) is 0 Å². The number of benzene rings is 3. The number of hydrogen-bond acceptors (Lipinski definition) is 7. The molecular weight excluding hydrogens is 481 g/mol. The van der Waals surface area contributed by atoms with Crippen molar-refractivity contribution in [1.82, 2.24) is 20.2 Å². The van der Waals surface area contributed by atoms with Crippen LogP contribution in [0, 0.1) is 5.82 Å². The van der Waals surface area contributed by atoms with Crippen molar-refractivity contribution in [2.75, 3.05) is 38.2 Å². The Morgan fingerprint density at radius 2 is 1.82 bits per heavy atom. The van der Waals surface area contributed by atoms with E-state index in [0.717, 1.165) is 61.9 Å². The van der Waals surface area contributed by atoms with Crippen LogP contribution in [-0.2, 0) is 0 Å². The topological polar surface area (TPSA) is 73.8 Å². The summed E-state index contributed by atoms with van der Waals surface area (Å²) in [5, 5.41) is 16.5. The molecule has 4 aromatic rings. The first-order valence-corrected chi connectivity index (χ1v) is 13.6. The maximum Gasteiger partial charge on any atom is 0.319 e. The minimum Gasteiger partial charge on any atom is -0.508 e. The molecule has 38 heavy (non-hydrogen) atoms. The van der Waals surface area contributed by atoms with Gasteiger partial charge in [-0.1, -0.05) is 30.3 Å². The Hall–Kier alpha value is -3.49. The van der Waals surface area contributed by atoms with Gasteiger partial charge in [0.1, 0.15) is 23.7 Å². The third-order valence-corrected chi connectivity index (χ3v) is 8.50.